The van der Waals surface area contributed by atoms with E-state index in [1.165, 1.54) is 0 Å². The van der Waals surface area contributed by atoms with E-state index < -0.39 is 45.6 Å². The minimum Gasteiger partial charge on any atom is -0.446 e. The van der Waals surface area contributed by atoms with Crippen LogP contribution in [0.5, 0.6) is 0 Å². The van der Waals surface area contributed by atoms with E-state index in [4.69, 9.17) is 10.00 Å². The fourth-order valence-electron chi connectivity index (χ4n) is 5.42. The Hall–Kier alpha value is -2.63. The lowest BCUT2D eigenvalue weighted by atomic mass is 9.61. The zero-order valence-corrected chi connectivity index (χ0v) is 22.0. The number of hydrogen-bond acceptors (Lipinski definition) is 9. The third-order valence-corrected chi connectivity index (χ3v) is 8.49. The Morgan fingerprint density at radius 1 is 1.27 bits per heavy atom. The van der Waals surface area contributed by atoms with Crippen molar-refractivity contribution < 1.29 is 37.2 Å². The van der Waals surface area contributed by atoms with Crippen molar-refractivity contribution in [2.75, 3.05) is 19.6 Å². The fraction of sp³-hybridized carbons (Fsp3) is 0.826. The van der Waals surface area contributed by atoms with E-state index in [1.54, 1.807) is 4.90 Å². The Kier molecular flexibility index (Phi) is 9.25. The number of likely N-dealkylation sites (tertiary alicyclic amines) is 1. The molecule has 3 rings (SSSR count). The molecular formula is C23H37N5O8S. The smallest absolute Gasteiger partial charge is 0.408 e. The molecule has 0 aromatic rings. The SMILES string of the molecule is CC(C)C[C@H](NC(=O)OC1CC2(CCN(C#N)CC2)C1)C(=O)N[C@@H](C[C@@H]1CCNC1=O)[C@@H](O)S(=O)(=O)O. The maximum absolute atomic E-state index is 13.1. The number of carbonyl (C=O) groups excluding carboxylic acids is 3. The number of ether oxygens (including phenoxy) is 1. The molecule has 208 valence electrons. The Morgan fingerprint density at radius 2 is 1.92 bits per heavy atom. The molecular weight excluding hydrogens is 506 g/mol. The average molecular weight is 544 g/mol. The second-order valence-electron chi connectivity index (χ2n) is 10.9. The highest BCUT2D eigenvalue weighted by Gasteiger charge is 2.48. The fourth-order valence-corrected chi connectivity index (χ4v) is 6.02. The third-order valence-electron chi connectivity index (χ3n) is 7.55. The topological polar surface area (TPSA) is 198 Å². The Bertz CT molecular complexity index is 997. The normalized spacial score (nSPS) is 23.9. The summed E-state index contributed by atoms with van der Waals surface area (Å²) in [4.78, 5) is 39.4. The number of amides is 3. The molecule has 2 aliphatic heterocycles. The summed E-state index contributed by atoms with van der Waals surface area (Å²) in [5.74, 6) is -1.77. The van der Waals surface area contributed by atoms with E-state index in [1.807, 2.05) is 13.8 Å². The van der Waals surface area contributed by atoms with Crippen molar-refractivity contribution in [2.24, 2.45) is 17.3 Å². The van der Waals surface area contributed by atoms with Crippen molar-refractivity contribution >= 4 is 28.0 Å². The number of hydrogen-bond donors (Lipinski definition) is 5. The van der Waals surface area contributed by atoms with Crippen LogP contribution in [0.1, 0.15) is 58.8 Å². The number of piperidine rings is 1. The van der Waals surface area contributed by atoms with Crippen LogP contribution in [0.3, 0.4) is 0 Å². The summed E-state index contributed by atoms with van der Waals surface area (Å²) in [7, 11) is -4.93. The predicted molar refractivity (Wildman–Crippen MR) is 130 cm³/mol. The van der Waals surface area contributed by atoms with Crippen LogP contribution in [0, 0.1) is 28.7 Å². The molecule has 1 saturated carbocycles. The molecule has 0 unspecified atom stereocenters. The summed E-state index contributed by atoms with van der Waals surface area (Å²) in [5, 5.41) is 26.7. The van der Waals surface area contributed by atoms with Crippen molar-refractivity contribution in [3.05, 3.63) is 0 Å². The summed E-state index contributed by atoms with van der Waals surface area (Å²) in [6.07, 6.45) is 4.55. The standard InChI is InChI=1S/C23H37N5O8S/c1-14(2)9-17(27-22(32)36-16-11-23(12-16)4-7-28(13-24)8-5-23)20(30)26-18(21(31)37(33,34)35)10-15-3-6-25-19(15)29/h14-18,21,31H,3-12H2,1-2H3,(H,25,29)(H,26,30)(H,27,32)(H,33,34,35)/t15-,17-,18-,21-/m0/s1. The highest BCUT2D eigenvalue weighted by Crippen LogP contribution is 2.50. The number of aliphatic hydroxyl groups is 1. The van der Waals surface area contributed by atoms with E-state index in [0.717, 1.165) is 12.8 Å². The zero-order chi connectivity index (χ0) is 27.4. The first kappa shape index (κ1) is 28.9. The van der Waals surface area contributed by atoms with E-state index in [9.17, 15) is 32.5 Å². The number of nitrogens with zero attached hydrogens (tertiary/aromatic N) is 2. The average Bonchev–Trinajstić information content (AvgIpc) is 3.20. The molecule has 4 atom stereocenters. The highest BCUT2D eigenvalue weighted by molar-refractivity contribution is 7.86. The number of nitrogens with one attached hydrogen (secondary N) is 3. The van der Waals surface area contributed by atoms with Crippen molar-refractivity contribution in [2.45, 2.75) is 82.4 Å². The van der Waals surface area contributed by atoms with Crippen LogP contribution in [0.4, 0.5) is 4.79 Å². The molecule has 13 nitrogen and oxygen atoms in total. The quantitative estimate of drug-likeness (QED) is 0.186. The van der Waals surface area contributed by atoms with Crippen molar-refractivity contribution in [3.63, 3.8) is 0 Å². The van der Waals surface area contributed by atoms with Gasteiger partial charge < -0.3 is 30.7 Å². The summed E-state index contributed by atoms with van der Waals surface area (Å²) in [6, 6.07) is -2.55. The molecule has 5 N–H and O–H groups in total. The number of alkyl carbamates (subject to hydrolysis) is 1. The molecule has 0 radical (unpaired) electrons. The number of aliphatic hydroxyl groups excluding tert-OH is 1. The van der Waals surface area contributed by atoms with Gasteiger partial charge in [0.15, 0.2) is 6.19 Å². The summed E-state index contributed by atoms with van der Waals surface area (Å²) in [5.41, 5.74) is -2.27. The molecule has 0 aromatic heterocycles. The number of nitriles is 1. The van der Waals surface area contributed by atoms with Crippen LogP contribution in [0.15, 0.2) is 0 Å². The van der Waals surface area contributed by atoms with Gasteiger partial charge in [-0.2, -0.15) is 13.7 Å². The van der Waals surface area contributed by atoms with Crippen molar-refractivity contribution in [1.29, 1.82) is 5.26 Å². The minimum absolute atomic E-state index is 0.0288. The summed E-state index contributed by atoms with van der Waals surface area (Å²) < 4.78 is 38.1. The highest BCUT2D eigenvalue weighted by atomic mass is 32.2. The van der Waals surface area contributed by atoms with Gasteiger partial charge in [-0.25, -0.2) is 4.79 Å². The van der Waals surface area contributed by atoms with Gasteiger partial charge in [0.2, 0.25) is 17.3 Å². The second kappa shape index (κ2) is 11.8. The maximum Gasteiger partial charge on any atom is 0.408 e. The lowest BCUT2D eigenvalue weighted by Crippen LogP contribution is -2.56. The van der Waals surface area contributed by atoms with Crippen LogP contribution in [0.2, 0.25) is 0 Å². The van der Waals surface area contributed by atoms with Gasteiger partial charge in [-0.05, 0) is 56.3 Å². The second-order valence-corrected chi connectivity index (χ2v) is 12.4. The lowest BCUT2D eigenvalue weighted by Gasteiger charge is -2.50. The molecule has 3 aliphatic rings. The largest absolute Gasteiger partial charge is 0.446 e. The Balaban J connectivity index is 1.58. The molecule has 2 saturated heterocycles. The van der Waals surface area contributed by atoms with Gasteiger partial charge in [0, 0.05) is 25.6 Å². The molecule has 3 fully saturated rings. The summed E-state index contributed by atoms with van der Waals surface area (Å²) in [6.45, 7) is 5.43. The van der Waals surface area contributed by atoms with Crippen LogP contribution >= 0.6 is 0 Å². The van der Waals surface area contributed by atoms with Crippen LogP contribution < -0.4 is 16.0 Å². The van der Waals surface area contributed by atoms with Gasteiger partial charge in [0.05, 0.1) is 6.04 Å². The molecule has 1 spiro atoms. The first-order valence-corrected chi connectivity index (χ1v) is 14.2. The van der Waals surface area contributed by atoms with Gasteiger partial charge in [-0.3, -0.25) is 14.1 Å². The molecule has 0 bridgehead atoms. The Morgan fingerprint density at radius 3 is 2.43 bits per heavy atom. The lowest BCUT2D eigenvalue weighted by molar-refractivity contribution is -0.126. The molecule has 37 heavy (non-hydrogen) atoms. The van der Waals surface area contributed by atoms with Crippen molar-refractivity contribution in [1.82, 2.24) is 20.9 Å². The monoisotopic (exact) mass is 543 g/mol. The number of rotatable bonds is 10. The van der Waals surface area contributed by atoms with Gasteiger partial charge in [-0.15, -0.1) is 0 Å². The minimum atomic E-state index is -4.93. The third kappa shape index (κ3) is 7.68. The predicted octanol–water partition coefficient (Wildman–Crippen LogP) is 0.0702. The maximum atomic E-state index is 13.1. The first-order chi connectivity index (χ1) is 17.3. The van der Waals surface area contributed by atoms with Gasteiger partial charge in [0.1, 0.15) is 12.1 Å². The summed E-state index contributed by atoms with van der Waals surface area (Å²) >= 11 is 0. The van der Waals surface area contributed by atoms with Crippen LogP contribution in [0.25, 0.3) is 0 Å². The van der Waals surface area contributed by atoms with Gasteiger partial charge >= 0.3 is 6.09 Å². The van der Waals surface area contributed by atoms with E-state index >= 15 is 0 Å². The molecule has 1 aliphatic carbocycles. The molecule has 0 aromatic carbocycles. The Labute approximate surface area is 217 Å². The first-order valence-electron chi connectivity index (χ1n) is 12.7. The number of carbonyl (C=O) groups is 3. The van der Waals surface area contributed by atoms with E-state index in [0.29, 0.717) is 38.9 Å². The van der Waals surface area contributed by atoms with E-state index in [-0.39, 0.29) is 36.2 Å². The van der Waals surface area contributed by atoms with Gasteiger partial charge in [0.25, 0.3) is 10.1 Å². The molecule has 2 heterocycles. The van der Waals surface area contributed by atoms with Crippen molar-refractivity contribution in [3.8, 4) is 6.19 Å². The van der Waals surface area contributed by atoms with Crippen LogP contribution in [-0.4, -0.2) is 84.1 Å². The van der Waals surface area contributed by atoms with Gasteiger partial charge in [-0.1, -0.05) is 13.8 Å². The van der Waals surface area contributed by atoms with Crippen LogP contribution in [-0.2, 0) is 24.4 Å². The molecule has 3 amide bonds. The molecule has 14 heteroatoms. The zero-order valence-electron chi connectivity index (χ0n) is 21.2. The van der Waals surface area contributed by atoms with E-state index in [2.05, 4.69) is 22.1 Å².